The van der Waals surface area contributed by atoms with Gasteiger partial charge in [0.2, 0.25) is 0 Å². The molecular weight excluding hydrogens is 801 g/mol. The monoisotopic (exact) mass is 854 g/mol. The van der Waals surface area contributed by atoms with Gasteiger partial charge in [-0.25, -0.2) is 9.59 Å². The first kappa shape index (κ1) is 45.4. The van der Waals surface area contributed by atoms with Crippen molar-refractivity contribution in [3.8, 4) is 62.3 Å². The third-order valence-corrected chi connectivity index (χ3v) is 10.7. The van der Waals surface area contributed by atoms with E-state index in [-0.39, 0.29) is 29.9 Å². The molecule has 1 aliphatic heterocycles. The Morgan fingerprint density at radius 2 is 1.27 bits per heavy atom. The molecular formula is C48H54N8O7. The van der Waals surface area contributed by atoms with Crippen LogP contribution in [0.25, 0.3) is 45.0 Å². The van der Waals surface area contributed by atoms with E-state index in [0.717, 1.165) is 42.9 Å². The lowest BCUT2D eigenvalue weighted by atomic mass is 10.0. The molecule has 0 unspecified atom stereocenters. The van der Waals surface area contributed by atoms with E-state index in [9.17, 15) is 29.4 Å². The SMILES string of the molecule is Cc1cc(-c2cc(-c3ccc(C(=O)NCCN4CCCC4)cc3)[nH]c(=O)n2)ccc1O.Cc1cc(-c2cc(-c3cccc(OCC(=O)N(C)CCN(C)C)c3)nc(=O)[nH]2)ccc1O. The van der Waals surface area contributed by atoms with Crippen molar-refractivity contribution >= 4 is 11.8 Å². The lowest BCUT2D eigenvalue weighted by Gasteiger charge is -2.19. The number of hydrogen-bond donors (Lipinski definition) is 5. The fourth-order valence-corrected chi connectivity index (χ4v) is 6.87. The Morgan fingerprint density at radius 3 is 1.87 bits per heavy atom. The minimum Gasteiger partial charge on any atom is -0.508 e. The van der Waals surface area contributed by atoms with E-state index in [1.165, 1.54) is 12.8 Å². The first-order valence-electron chi connectivity index (χ1n) is 20.8. The first-order chi connectivity index (χ1) is 30.2. The molecule has 328 valence electrons. The molecule has 0 aliphatic carbocycles. The van der Waals surface area contributed by atoms with Crippen LogP contribution in [0.4, 0.5) is 0 Å². The third-order valence-electron chi connectivity index (χ3n) is 10.7. The highest BCUT2D eigenvalue weighted by molar-refractivity contribution is 5.94. The number of rotatable bonds is 14. The van der Waals surface area contributed by atoms with Gasteiger partial charge in [0.05, 0.1) is 22.8 Å². The summed E-state index contributed by atoms with van der Waals surface area (Å²) >= 11 is 0. The van der Waals surface area contributed by atoms with Crippen LogP contribution >= 0.6 is 0 Å². The number of aryl methyl sites for hydroxylation is 2. The van der Waals surface area contributed by atoms with Gasteiger partial charge < -0.3 is 44.9 Å². The van der Waals surface area contributed by atoms with E-state index in [0.29, 0.717) is 63.9 Å². The number of H-pyrrole nitrogens is 2. The van der Waals surface area contributed by atoms with Crippen molar-refractivity contribution in [3.05, 3.63) is 135 Å². The van der Waals surface area contributed by atoms with Crippen LogP contribution in [0.5, 0.6) is 17.2 Å². The van der Waals surface area contributed by atoms with E-state index in [1.54, 1.807) is 105 Å². The summed E-state index contributed by atoms with van der Waals surface area (Å²) in [5.74, 6) is 0.687. The van der Waals surface area contributed by atoms with Crippen LogP contribution in [-0.2, 0) is 4.79 Å². The van der Waals surface area contributed by atoms with Gasteiger partial charge in [-0.2, -0.15) is 9.97 Å². The third kappa shape index (κ3) is 12.7. The summed E-state index contributed by atoms with van der Waals surface area (Å²) in [6.07, 6.45) is 2.47. The Bertz CT molecular complexity index is 2650. The zero-order chi connectivity index (χ0) is 45.0. The predicted molar refractivity (Wildman–Crippen MR) is 244 cm³/mol. The Labute approximate surface area is 366 Å². The van der Waals surface area contributed by atoms with E-state index >= 15 is 0 Å². The summed E-state index contributed by atoms with van der Waals surface area (Å²) in [7, 11) is 5.66. The first-order valence-corrected chi connectivity index (χ1v) is 20.8. The molecule has 0 spiro atoms. The molecule has 7 rings (SSSR count). The fourth-order valence-electron chi connectivity index (χ4n) is 6.87. The summed E-state index contributed by atoms with van der Waals surface area (Å²) < 4.78 is 5.69. The second-order valence-corrected chi connectivity index (χ2v) is 15.8. The molecule has 0 bridgehead atoms. The number of carbonyl (C=O) groups excluding carboxylic acids is 2. The maximum Gasteiger partial charge on any atom is 0.345 e. The standard InChI is InChI=1S/C24H28N4O4.C24H26N4O3/c1-16-12-18(8-9-22(16)29)21-14-20(25-24(31)26-21)17-6-5-7-19(13-17)32-15-23(30)28(4)11-10-27(2)3;1-16-14-19(8-9-22(16)29)21-15-20(26-24(31)27-21)17-4-6-18(7-5-17)23(30)25-10-13-28-11-2-3-12-28/h5-9,12-14,29H,10-11,15H2,1-4H3,(H,25,26,31);4-9,14-15,29H,2-3,10-13H2,1H3,(H,25,30)(H,26,27,31). The number of ether oxygens (including phenoxy) is 1. The number of benzene rings is 4. The van der Waals surface area contributed by atoms with Crippen molar-refractivity contribution in [1.82, 2.24) is 40.0 Å². The molecule has 1 saturated heterocycles. The number of carbonyl (C=O) groups is 2. The predicted octanol–water partition coefficient (Wildman–Crippen LogP) is 5.46. The number of amides is 2. The van der Waals surface area contributed by atoms with E-state index < -0.39 is 11.4 Å². The maximum atomic E-state index is 12.4. The zero-order valence-electron chi connectivity index (χ0n) is 36.3. The van der Waals surface area contributed by atoms with Crippen molar-refractivity contribution in [2.24, 2.45) is 0 Å². The fraction of sp³-hybridized carbons (Fsp3) is 0.292. The normalized spacial score (nSPS) is 12.4. The Balaban J connectivity index is 0.000000210. The van der Waals surface area contributed by atoms with Crippen LogP contribution in [-0.4, -0.2) is 124 Å². The molecule has 6 aromatic rings. The van der Waals surface area contributed by atoms with Gasteiger partial charge in [0.25, 0.3) is 11.8 Å². The average Bonchev–Trinajstić information content (AvgIpc) is 3.80. The average molecular weight is 855 g/mol. The van der Waals surface area contributed by atoms with Crippen LogP contribution in [0.1, 0.15) is 34.3 Å². The van der Waals surface area contributed by atoms with Gasteiger partial charge in [-0.15, -0.1) is 0 Å². The molecule has 5 N–H and O–H groups in total. The number of phenolic OH excluding ortho intramolecular Hbond substituents is 2. The molecule has 0 radical (unpaired) electrons. The maximum absolute atomic E-state index is 12.4. The van der Waals surface area contributed by atoms with Crippen molar-refractivity contribution in [3.63, 3.8) is 0 Å². The van der Waals surface area contributed by atoms with Crippen molar-refractivity contribution in [1.29, 1.82) is 0 Å². The molecule has 15 heteroatoms. The van der Waals surface area contributed by atoms with Gasteiger partial charge in [-0.1, -0.05) is 24.3 Å². The van der Waals surface area contributed by atoms with Gasteiger partial charge in [-0.05, 0) is 149 Å². The number of nitrogens with one attached hydrogen (secondary N) is 3. The van der Waals surface area contributed by atoms with Gasteiger partial charge in [0.15, 0.2) is 6.61 Å². The van der Waals surface area contributed by atoms with Gasteiger partial charge >= 0.3 is 11.4 Å². The smallest absolute Gasteiger partial charge is 0.345 e. The minimum absolute atomic E-state index is 0.0752. The number of aromatic hydroxyl groups is 2. The van der Waals surface area contributed by atoms with E-state index in [1.807, 2.05) is 37.2 Å². The quantitative estimate of drug-likeness (QED) is 0.0934. The lowest BCUT2D eigenvalue weighted by Crippen LogP contribution is -2.36. The topological polar surface area (TPSA) is 197 Å². The molecule has 3 heterocycles. The van der Waals surface area contributed by atoms with Gasteiger partial charge in [0.1, 0.15) is 17.2 Å². The minimum atomic E-state index is -0.479. The molecule has 63 heavy (non-hydrogen) atoms. The van der Waals surface area contributed by atoms with Crippen LogP contribution in [0.15, 0.2) is 107 Å². The van der Waals surface area contributed by atoms with Crippen LogP contribution in [0, 0.1) is 13.8 Å². The summed E-state index contributed by atoms with van der Waals surface area (Å²) in [4.78, 5) is 68.6. The highest BCUT2D eigenvalue weighted by Gasteiger charge is 2.14. The number of nitrogens with zero attached hydrogens (tertiary/aromatic N) is 5. The molecule has 1 aliphatic rings. The number of hydrogen-bond acceptors (Lipinski definition) is 11. The summed E-state index contributed by atoms with van der Waals surface area (Å²) in [6, 6.07) is 28.0. The van der Waals surface area contributed by atoms with Gasteiger partial charge in [-0.3, -0.25) is 9.59 Å². The van der Waals surface area contributed by atoms with E-state index in [4.69, 9.17) is 4.74 Å². The molecule has 1 fully saturated rings. The van der Waals surface area contributed by atoms with Crippen molar-refractivity contribution < 1.29 is 24.5 Å². The molecule has 4 aromatic carbocycles. The lowest BCUT2D eigenvalue weighted by molar-refractivity contribution is -0.132. The van der Waals surface area contributed by atoms with Crippen molar-refractivity contribution in [2.75, 3.05) is 67.0 Å². The molecule has 15 nitrogen and oxygen atoms in total. The van der Waals surface area contributed by atoms with Gasteiger partial charge in [0, 0.05) is 49.9 Å². The number of phenols is 2. The number of likely N-dealkylation sites (N-methyl/N-ethyl adjacent to an activating group) is 2. The second-order valence-electron chi connectivity index (χ2n) is 15.8. The number of aromatic nitrogens is 4. The summed E-state index contributed by atoms with van der Waals surface area (Å²) in [6.45, 7) is 8.63. The van der Waals surface area contributed by atoms with Crippen LogP contribution < -0.4 is 21.4 Å². The van der Waals surface area contributed by atoms with Crippen LogP contribution in [0.3, 0.4) is 0 Å². The molecule has 2 amide bonds. The molecule has 0 atom stereocenters. The Kier molecular flexibility index (Phi) is 15.2. The van der Waals surface area contributed by atoms with Crippen LogP contribution in [0.2, 0.25) is 0 Å². The summed E-state index contributed by atoms with van der Waals surface area (Å²) in [5.41, 5.74) is 6.25. The highest BCUT2D eigenvalue weighted by Crippen LogP contribution is 2.28. The molecule has 0 saturated carbocycles. The van der Waals surface area contributed by atoms with Crippen molar-refractivity contribution in [2.45, 2.75) is 26.7 Å². The molecule has 2 aromatic heterocycles. The summed E-state index contributed by atoms with van der Waals surface area (Å²) in [5, 5.41) is 22.5. The largest absolute Gasteiger partial charge is 0.508 e. The zero-order valence-corrected chi connectivity index (χ0v) is 36.3. The Hall–Kier alpha value is -7.10. The van der Waals surface area contributed by atoms with E-state index in [2.05, 4.69) is 30.2 Å². The number of aromatic amines is 2. The Morgan fingerprint density at radius 1 is 0.714 bits per heavy atom. The second kappa shape index (κ2) is 21.1. The highest BCUT2D eigenvalue weighted by atomic mass is 16.5. The number of likely N-dealkylation sites (tertiary alicyclic amines) is 1.